The molecule has 4 heteroatoms. The third-order valence-electron chi connectivity index (χ3n) is 6.42. The monoisotopic (exact) mass is 411 g/mol. The Hall–Kier alpha value is -1.78. The van der Waals surface area contributed by atoms with Crippen molar-refractivity contribution in [1.82, 2.24) is 4.90 Å². The van der Waals surface area contributed by atoms with E-state index in [9.17, 15) is 9.90 Å². The Morgan fingerprint density at radius 1 is 1.07 bits per heavy atom. The Bertz CT molecular complexity index is 771. The lowest BCUT2D eigenvalue weighted by atomic mass is 9.86. The first-order valence-electron chi connectivity index (χ1n) is 10.6. The van der Waals surface area contributed by atoms with Gasteiger partial charge in [-0.1, -0.05) is 68.1 Å². The summed E-state index contributed by atoms with van der Waals surface area (Å²) in [6.45, 7) is 1.93. The molecule has 0 aromatic heterocycles. The molecule has 0 radical (unpaired) electrons. The van der Waals surface area contributed by atoms with Gasteiger partial charge in [0.15, 0.2) is 0 Å². The summed E-state index contributed by atoms with van der Waals surface area (Å²) in [5.41, 5.74) is 1.93. The Labute approximate surface area is 179 Å². The molecule has 1 aliphatic carbocycles. The molecule has 1 fully saturated rings. The average Bonchev–Trinajstić information content (AvgIpc) is 3.29. The van der Waals surface area contributed by atoms with Gasteiger partial charge in [0, 0.05) is 11.9 Å². The number of amides is 1. The second kappa shape index (κ2) is 10.3. The number of aliphatic hydroxyl groups is 1. The lowest BCUT2D eigenvalue weighted by Crippen LogP contribution is -2.42. The van der Waals surface area contributed by atoms with E-state index >= 15 is 0 Å². The maximum atomic E-state index is 13.6. The number of hydrogen-bond donors (Lipinski definition) is 1. The standard InChI is InChI=1S/C25H33NO2S/c1-18(24(27)21-11-5-4-6-12-21)26(2)25(28)23(17-19-9-7-8-10-19)20-13-15-22(29-3)16-14-20/h4-6,11-16,18-19,23-24,27H,7-10,17H2,1-3H3. The van der Waals surface area contributed by atoms with E-state index in [2.05, 4.69) is 30.5 Å². The van der Waals surface area contributed by atoms with Gasteiger partial charge in [0.2, 0.25) is 5.91 Å². The molecule has 3 rings (SSSR count). The van der Waals surface area contributed by atoms with Crippen molar-refractivity contribution in [2.24, 2.45) is 5.92 Å². The van der Waals surface area contributed by atoms with Crippen molar-refractivity contribution >= 4 is 17.7 Å². The smallest absolute Gasteiger partial charge is 0.230 e. The Balaban J connectivity index is 1.80. The zero-order valence-electron chi connectivity index (χ0n) is 17.8. The molecule has 0 saturated heterocycles. The Morgan fingerprint density at radius 3 is 2.28 bits per heavy atom. The molecule has 3 nitrogen and oxygen atoms in total. The molecule has 2 aromatic carbocycles. The lowest BCUT2D eigenvalue weighted by molar-refractivity contribution is -0.136. The van der Waals surface area contributed by atoms with Crippen LogP contribution in [0.4, 0.5) is 0 Å². The van der Waals surface area contributed by atoms with Crippen LogP contribution in [0.2, 0.25) is 0 Å². The minimum absolute atomic E-state index is 0.108. The van der Waals surface area contributed by atoms with Gasteiger partial charge in [-0.15, -0.1) is 11.8 Å². The summed E-state index contributed by atoms with van der Waals surface area (Å²) in [5.74, 6) is 0.577. The van der Waals surface area contributed by atoms with Gasteiger partial charge >= 0.3 is 0 Å². The molecule has 1 saturated carbocycles. The van der Waals surface area contributed by atoms with Crippen molar-refractivity contribution in [1.29, 1.82) is 0 Å². The second-order valence-corrected chi connectivity index (χ2v) is 9.14. The molecule has 0 bridgehead atoms. The summed E-state index contributed by atoms with van der Waals surface area (Å²) in [4.78, 5) is 16.5. The van der Waals surface area contributed by atoms with Crippen molar-refractivity contribution in [3.8, 4) is 0 Å². The van der Waals surface area contributed by atoms with E-state index in [-0.39, 0.29) is 17.9 Å². The SMILES string of the molecule is CSc1ccc(C(CC2CCCC2)C(=O)N(C)C(C)C(O)c2ccccc2)cc1. The van der Waals surface area contributed by atoms with Crippen LogP contribution in [0.15, 0.2) is 59.5 Å². The number of rotatable bonds is 8. The molecule has 0 aliphatic heterocycles. The predicted molar refractivity (Wildman–Crippen MR) is 121 cm³/mol. The number of thioether (sulfide) groups is 1. The Morgan fingerprint density at radius 2 is 1.69 bits per heavy atom. The van der Waals surface area contributed by atoms with E-state index in [1.54, 1.807) is 16.7 Å². The van der Waals surface area contributed by atoms with Gasteiger partial charge in [-0.25, -0.2) is 0 Å². The van der Waals surface area contributed by atoms with Crippen LogP contribution < -0.4 is 0 Å². The van der Waals surface area contributed by atoms with E-state index in [1.165, 1.54) is 30.6 Å². The fraction of sp³-hybridized carbons (Fsp3) is 0.480. The zero-order chi connectivity index (χ0) is 20.8. The van der Waals surface area contributed by atoms with Crippen LogP contribution in [0.1, 0.15) is 62.2 Å². The van der Waals surface area contributed by atoms with Gasteiger partial charge in [-0.2, -0.15) is 0 Å². The van der Waals surface area contributed by atoms with Crippen molar-refractivity contribution in [3.05, 3.63) is 65.7 Å². The number of benzene rings is 2. The van der Waals surface area contributed by atoms with Crippen molar-refractivity contribution < 1.29 is 9.90 Å². The predicted octanol–water partition coefficient (Wildman–Crippen LogP) is 5.65. The molecule has 1 amide bonds. The molecule has 3 unspecified atom stereocenters. The van der Waals surface area contributed by atoms with Gasteiger partial charge in [0.05, 0.1) is 18.1 Å². The topological polar surface area (TPSA) is 40.5 Å². The molecule has 1 N–H and O–H groups in total. The maximum Gasteiger partial charge on any atom is 0.230 e. The van der Waals surface area contributed by atoms with Crippen LogP contribution in [0.3, 0.4) is 0 Å². The number of carbonyl (C=O) groups excluding carboxylic acids is 1. The minimum atomic E-state index is -0.698. The summed E-state index contributed by atoms with van der Waals surface area (Å²) < 4.78 is 0. The fourth-order valence-corrected chi connectivity index (χ4v) is 4.79. The summed E-state index contributed by atoms with van der Waals surface area (Å²) in [5, 5.41) is 10.8. The van der Waals surface area contributed by atoms with E-state index in [1.807, 2.05) is 44.3 Å². The summed E-state index contributed by atoms with van der Waals surface area (Å²) >= 11 is 1.71. The quantitative estimate of drug-likeness (QED) is 0.570. The van der Waals surface area contributed by atoms with Crippen LogP contribution in [0, 0.1) is 5.92 Å². The van der Waals surface area contributed by atoms with Crippen molar-refractivity contribution in [3.63, 3.8) is 0 Å². The Kier molecular flexibility index (Phi) is 7.79. The molecular formula is C25H33NO2S. The van der Waals surface area contributed by atoms with Crippen LogP contribution in [0.25, 0.3) is 0 Å². The van der Waals surface area contributed by atoms with Gasteiger partial charge in [-0.3, -0.25) is 4.79 Å². The van der Waals surface area contributed by atoms with E-state index in [0.29, 0.717) is 5.92 Å². The summed E-state index contributed by atoms with van der Waals surface area (Å²) in [6, 6.07) is 17.7. The maximum absolute atomic E-state index is 13.6. The molecule has 2 aromatic rings. The van der Waals surface area contributed by atoms with Gasteiger partial charge < -0.3 is 10.0 Å². The molecule has 0 spiro atoms. The first kappa shape index (κ1) is 21.9. The summed E-state index contributed by atoms with van der Waals surface area (Å²) in [7, 11) is 1.83. The molecular weight excluding hydrogens is 378 g/mol. The van der Waals surface area contributed by atoms with Gasteiger partial charge in [0.25, 0.3) is 0 Å². The van der Waals surface area contributed by atoms with Gasteiger partial charge in [0.1, 0.15) is 0 Å². The highest BCUT2D eigenvalue weighted by atomic mass is 32.2. The normalized spacial score (nSPS) is 17.7. The first-order chi connectivity index (χ1) is 14.0. The number of nitrogens with zero attached hydrogens (tertiary/aromatic N) is 1. The molecule has 1 aliphatic rings. The molecule has 0 heterocycles. The third-order valence-corrected chi connectivity index (χ3v) is 7.16. The number of carbonyl (C=O) groups is 1. The van der Waals surface area contributed by atoms with Crippen LogP contribution >= 0.6 is 11.8 Å². The minimum Gasteiger partial charge on any atom is -0.386 e. The highest BCUT2D eigenvalue weighted by Gasteiger charge is 2.32. The third kappa shape index (κ3) is 5.43. The van der Waals surface area contributed by atoms with E-state index < -0.39 is 6.10 Å². The van der Waals surface area contributed by atoms with Gasteiger partial charge in [-0.05, 0) is 48.8 Å². The zero-order valence-corrected chi connectivity index (χ0v) is 18.6. The number of likely N-dealkylation sites (N-methyl/N-ethyl adjacent to an activating group) is 1. The summed E-state index contributed by atoms with van der Waals surface area (Å²) in [6.07, 6.45) is 7.26. The highest BCUT2D eigenvalue weighted by Crippen LogP contribution is 2.36. The average molecular weight is 412 g/mol. The lowest BCUT2D eigenvalue weighted by Gasteiger charge is -2.33. The molecule has 3 atom stereocenters. The first-order valence-corrected chi connectivity index (χ1v) is 11.9. The molecule has 156 valence electrons. The molecule has 29 heavy (non-hydrogen) atoms. The fourth-order valence-electron chi connectivity index (χ4n) is 4.38. The highest BCUT2D eigenvalue weighted by molar-refractivity contribution is 7.98. The van der Waals surface area contributed by atoms with Crippen LogP contribution in [0.5, 0.6) is 0 Å². The van der Waals surface area contributed by atoms with Crippen LogP contribution in [-0.2, 0) is 4.79 Å². The second-order valence-electron chi connectivity index (χ2n) is 8.26. The van der Waals surface area contributed by atoms with Crippen molar-refractivity contribution in [2.75, 3.05) is 13.3 Å². The van der Waals surface area contributed by atoms with Crippen molar-refractivity contribution in [2.45, 2.75) is 62.0 Å². The van der Waals surface area contributed by atoms with E-state index in [4.69, 9.17) is 0 Å². The van der Waals surface area contributed by atoms with Crippen LogP contribution in [-0.4, -0.2) is 35.3 Å². The van der Waals surface area contributed by atoms with E-state index in [0.717, 1.165) is 17.5 Å². The number of aliphatic hydroxyl groups excluding tert-OH is 1. The largest absolute Gasteiger partial charge is 0.386 e. The number of hydrogen-bond acceptors (Lipinski definition) is 3.